The number of imidazole rings is 1. The number of nitrogens with zero attached hydrogens (tertiary/aromatic N) is 2. The number of hydrogen-bond acceptors (Lipinski definition) is 3. The van der Waals surface area contributed by atoms with E-state index >= 15 is 0 Å². The van der Waals surface area contributed by atoms with Gasteiger partial charge < -0.3 is 14.5 Å². The predicted molar refractivity (Wildman–Crippen MR) is 49.1 cm³/mol. The molecule has 0 amide bonds. The lowest BCUT2D eigenvalue weighted by atomic mass is 10.3. The first-order chi connectivity index (χ1) is 6.42. The maximum absolute atomic E-state index is 8.85. The van der Waals surface area contributed by atoms with Crippen molar-refractivity contribution in [2.75, 3.05) is 0 Å². The molecule has 0 radical (unpaired) electrons. The lowest BCUT2D eigenvalue weighted by Crippen LogP contribution is -1.92. The van der Waals surface area contributed by atoms with Crippen LogP contribution in [0, 0.1) is 0 Å². The van der Waals surface area contributed by atoms with Gasteiger partial charge in [0, 0.05) is 0 Å². The SMILES string of the molecule is C=O.OCn1cnc2ccccc21. The van der Waals surface area contributed by atoms with Gasteiger partial charge in [0.2, 0.25) is 0 Å². The quantitative estimate of drug-likeness (QED) is 0.702. The Morgan fingerprint density at radius 3 is 2.77 bits per heavy atom. The summed E-state index contributed by atoms with van der Waals surface area (Å²) in [6.07, 6.45) is 1.63. The van der Waals surface area contributed by atoms with Crippen molar-refractivity contribution in [2.24, 2.45) is 0 Å². The highest BCUT2D eigenvalue weighted by Gasteiger charge is 1.97. The van der Waals surface area contributed by atoms with Crippen molar-refractivity contribution < 1.29 is 9.90 Å². The Kier molecular flexibility index (Phi) is 3.16. The van der Waals surface area contributed by atoms with Gasteiger partial charge >= 0.3 is 0 Å². The molecule has 0 saturated heterocycles. The van der Waals surface area contributed by atoms with Crippen LogP contribution in [-0.4, -0.2) is 21.4 Å². The molecular formula is C9H10N2O2. The van der Waals surface area contributed by atoms with E-state index in [2.05, 4.69) is 4.98 Å². The molecule has 2 aromatic rings. The van der Waals surface area contributed by atoms with Gasteiger partial charge in [-0.15, -0.1) is 0 Å². The summed E-state index contributed by atoms with van der Waals surface area (Å²) < 4.78 is 1.69. The number of aliphatic hydroxyl groups excluding tert-OH is 1. The highest BCUT2D eigenvalue weighted by molar-refractivity contribution is 5.74. The summed E-state index contributed by atoms with van der Waals surface area (Å²) in [5.74, 6) is 0. The third kappa shape index (κ3) is 1.73. The summed E-state index contributed by atoms with van der Waals surface area (Å²) >= 11 is 0. The minimum atomic E-state index is -0.0134. The predicted octanol–water partition coefficient (Wildman–Crippen LogP) is 0.801. The number of hydrogen-bond donors (Lipinski definition) is 1. The maximum Gasteiger partial charge on any atom is 0.121 e. The largest absolute Gasteiger partial charge is 0.376 e. The number of carbonyl (C=O) groups excluding carboxylic acids is 1. The van der Waals surface area contributed by atoms with Crippen LogP contribution in [0.3, 0.4) is 0 Å². The molecule has 1 aromatic carbocycles. The topological polar surface area (TPSA) is 55.1 Å². The molecule has 13 heavy (non-hydrogen) atoms. The summed E-state index contributed by atoms with van der Waals surface area (Å²) in [5.41, 5.74) is 1.89. The zero-order valence-corrected chi connectivity index (χ0v) is 7.05. The number of aliphatic hydroxyl groups is 1. The number of fused-ring (bicyclic) bond motifs is 1. The Labute approximate surface area is 75.4 Å². The van der Waals surface area contributed by atoms with E-state index in [1.165, 1.54) is 0 Å². The van der Waals surface area contributed by atoms with Crippen molar-refractivity contribution in [1.82, 2.24) is 9.55 Å². The molecule has 1 aromatic heterocycles. The molecule has 0 atom stereocenters. The van der Waals surface area contributed by atoms with Crippen LogP contribution < -0.4 is 0 Å². The fourth-order valence-corrected chi connectivity index (χ4v) is 1.12. The average Bonchev–Trinajstić information content (AvgIpc) is 2.64. The molecule has 0 bridgehead atoms. The van der Waals surface area contributed by atoms with Crippen molar-refractivity contribution in [3.8, 4) is 0 Å². The van der Waals surface area contributed by atoms with Crippen molar-refractivity contribution in [3.05, 3.63) is 30.6 Å². The number of para-hydroxylation sites is 2. The third-order valence-electron chi connectivity index (χ3n) is 1.68. The summed E-state index contributed by atoms with van der Waals surface area (Å²) in [5, 5.41) is 8.85. The van der Waals surface area contributed by atoms with E-state index in [-0.39, 0.29) is 6.73 Å². The summed E-state index contributed by atoms with van der Waals surface area (Å²) in [7, 11) is 0. The van der Waals surface area contributed by atoms with Gasteiger partial charge in [-0.2, -0.15) is 0 Å². The zero-order chi connectivity index (χ0) is 9.68. The lowest BCUT2D eigenvalue weighted by Gasteiger charge is -1.95. The van der Waals surface area contributed by atoms with E-state index in [0.29, 0.717) is 0 Å². The first-order valence-corrected chi connectivity index (χ1v) is 3.71. The molecule has 0 aliphatic rings. The first kappa shape index (κ1) is 9.41. The van der Waals surface area contributed by atoms with E-state index in [1.54, 1.807) is 10.9 Å². The molecule has 4 nitrogen and oxygen atoms in total. The highest BCUT2D eigenvalue weighted by Crippen LogP contribution is 2.10. The second-order valence-corrected chi connectivity index (χ2v) is 2.34. The van der Waals surface area contributed by atoms with Gasteiger partial charge in [0.15, 0.2) is 0 Å². The summed E-state index contributed by atoms with van der Waals surface area (Å²) in [6, 6.07) is 7.70. The van der Waals surface area contributed by atoms with E-state index in [0.717, 1.165) is 11.0 Å². The number of aromatic nitrogens is 2. The van der Waals surface area contributed by atoms with Crippen LogP contribution in [0.4, 0.5) is 0 Å². The van der Waals surface area contributed by atoms with Gasteiger partial charge in [-0.25, -0.2) is 4.98 Å². The van der Waals surface area contributed by atoms with Gasteiger partial charge in [-0.1, -0.05) is 12.1 Å². The molecule has 2 rings (SSSR count). The van der Waals surface area contributed by atoms with Crippen molar-refractivity contribution >= 4 is 17.8 Å². The molecule has 0 spiro atoms. The van der Waals surface area contributed by atoms with Gasteiger partial charge in [-0.05, 0) is 12.1 Å². The number of benzene rings is 1. The van der Waals surface area contributed by atoms with Gasteiger partial charge in [0.05, 0.1) is 17.4 Å². The molecule has 68 valence electrons. The van der Waals surface area contributed by atoms with Crippen LogP contribution in [0.15, 0.2) is 30.6 Å². The van der Waals surface area contributed by atoms with Crippen LogP contribution in [-0.2, 0) is 11.5 Å². The molecular weight excluding hydrogens is 168 g/mol. The molecule has 0 unspecified atom stereocenters. The Balaban J connectivity index is 0.000000396. The molecule has 0 aliphatic carbocycles. The highest BCUT2D eigenvalue weighted by atomic mass is 16.3. The standard InChI is InChI=1S/C8H8N2O.CH2O/c11-6-10-5-9-7-3-1-2-4-8(7)10;1-2/h1-5,11H,6H2;1H2. The molecule has 0 saturated carbocycles. The van der Waals surface area contributed by atoms with Crippen LogP contribution >= 0.6 is 0 Å². The molecule has 0 aliphatic heterocycles. The fraction of sp³-hybridized carbons (Fsp3) is 0.111. The lowest BCUT2D eigenvalue weighted by molar-refractivity contribution is -0.0979. The first-order valence-electron chi connectivity index (χ1n) is 3.71. The van der Waals surface area contributed by atoms with Crippen LogP contribution in [0.2, 0.25) is 0 Å². The number of carbonyl (C=O) groups is 1. The normalized spacial score (nSPS) is 9.31. The second kappa shape index (κ2) is 4.37. The zero-order valence-electron chi connectivity index (χ0n) is 7.05. The van der Waals surface area contributed by atoms with Crippen molar-refractivity contribution in [3.63, 3.8) is 0 Å². The maximum atomic E-state index is 8.85. The Morgan fingerprint density at radius 2 is 2.08 bits per heavy atom. The van der Waals surface area contributed by atoms with E-state index in [9.17, 15) is 0 Å². The minimum absolute atomic E-state index is 0.0134. The van der Waals surface area contributed by atoms with E-state index in [4.69, 9.17) is 9.90 Å². The van der Waals surface area contributed by atoms with Crippen molar-refractivity contribution in [2.45, 2.75) is 6.73 Å². The van der Waals surface area contributed by atoms with Crippen LogP contribution in [0.5, 0.6) is 0 Å². The van der Waals surface area contributed by atoms with Gasteiger partial charge in [0.1, 0.15) is 13.5 Å². The smallest absolute Gasteiger partial charge is 0.121 e. The molecule has 4 heteroatoms. The average molecular weight is 178 g/mol. The van der Waals surface area contributed by atoms with Crippen LogP contribution in [0.1, 0.15) is 0 Å². The molecule has 1 N–H and O–H groups in total. The van der Waals surface area contributed by atoms with E-state index in [1.807, 2.05) is 31.1 Å². The monoisotopic (exact) mass is 178 g/mol. The van der Waals surface area contributed by atoms with Gasteiger partial charge in [-0.3, -0.25) is 0 Å². The van der Waals surface area contributed by atoms with Crippen molar-refractivity contribution in [1.29, 1.82) is 0 Å². The Hall–Kier alpha value is -1.68. The van der Waals surface area contributed by atoms with Gasteiger partial charge in [0.25, 0.3) is 0 Å². The summed E-state index contributed by atoms with van der Waals surface area (Å²) in [6.45, 7) is 1.99. The summed E-state index contributed by atoms with van der Waals surface area (Å²) in [4.78, 5) is 12.1. The fourth-order valence-electron chi connectivity index (χ4n) is 1.12. The third-order valence-corrected chi connectivity index (χ3v) is 1.68. The molecule has 1 heterocycles. The number of rotatable bonds is 1. The molecule has 0 fully saturated rings. The van der Waals surface area contributed by atoms with E-state index < -0.39 is 0 Å². The second-order valence-electron chi connectivity index (χ2n) is 2.34. The Bertz CT molecular complexity index is 384. The minimum Gasteiger partial charge on any atom is -0.376 e. The van der Waals surface area contributed by atoms with Crippen LogP contribution in [0.25, 0.3) is 11.0 Å². The Morgan fingerprint density at radius 1 is 1.38 bits per heavy atom.